The number of benzene rings is 2. The topological polar surface area (TPSA) is 60.4 Å². The van der Waals surface area contributed by atoms with Crippen LogP contribution in [-0.4, -0.2) is 28.7 Å². The Balaban J connectivity index is 0.000000152. The molecule has 0 aliphatic heterocycles. The maximum atomic E-state index is 12.7. The van der Waals surface area contributed by atoms with Gasteiger partial charge in [0.25, 0.3) is 0 Å². The van der Waals surface area contributed by atoms with Crippen LogP contribution in [0.1, 0.15) is 11.1 Å². The maximum Gasteiger partial charge on any atom is 0.416 e. The highest BCUT2D eigenvalue weighted by molar-refractivity contribution is 9.10. The van der Waals surface area contributed by atoms with Crippen LogP contribution in [0.25, 0.3) is 33.4 Å². The van der Waals surface area contributed by atoms with Crippen LogP contribution in [0.15, 0.2) is 59.6 Å². The van der Waals surface area contributed by atoms with Gasteiger partial charge in [0, 0.05) is 12.4 Å². The smallest absolute Gasteiger partial charge is 0.296 e. The van der Waals surface area contributed by atoms with Crippen LogP contribution in [0, 0.1) is 0 Å². The molecule has 190 valence electrons. The summed E-state index contributed by atoms with van der Waals surface area (Å²) in [6.07, 6.45) is -4.16. The van der Waals surface area contributed by atoms with E-state index in [-0.39, 0.29) is 21.3 Å². The molecular formula is C22H9BrCl2F6N6. The lowest BCUT2D eigenvalue weighted by atomic mass is 10.2. The third-order valence-corrected chi connectivity index (χ3v) is 6.34. The zero-order chi connectivity index (χ0) is 26.7. The highest BCUT2D eigenvalue weighted by Crippen LogP contribution is 2.33. The largest absolute Gasteiger partial charge is 0.416 e. The van der Waals surface area contributed by atoms with Crippen LogP contribution in [0.4, 0.5) is 26.3 Å². The lowest BCUT2D eigenvalue weighted by Crippen LogP contribution is -2.05. The molecule has 2 aromatic carbocycles. The SMILES string of the molecule is FC(F)(F)c1ccc2c(c1)nc(Cl)c1ncc(Br)n12.FC(F)(F)c1ccc2c(c1)nc(Cl)c1nccn12. The van der Waals surface area contributed by atoms with Gasteiger partial charge in [-0.3, -0.25) is 8.80 Å². The van der Waals surface area contributed by atoms with Gasteiger partial charge in [0.15, 0.2) is 21.6 Å². The molecule has 0 saturated carbocycles. The minimum absolute atomic E-state index is 0.0533. The summed E-state index contributed by atoms with van der Waals surface area (Å²) in [5.74, 6) is 0. The van der Waals surface area contributed by atoms with Crippen molar-refractivity contribution < 1.29 is 26.3 Å². The van der Waals surface area contributed by atoms with Crippen molar-refractivity contribution in [2.24, 2.45) is 0 Å². The average molecular weight is 622 g/mol. The molecule has 0 unspecified atom stereocenters. The molecule has 0 radical (unpaired) electrons. The van der Waals surface area contributed by atoms with Crippen LogP contribution >= 0.6 is 39.1 Å². The number of fused-ring (bicyclic) bond motifs is 6. The molecule has 6 nitrogen and oxygen atoms in total. The minimum atomic E-state index is -4.41. The van der Waals surface area contributed by atoms with Crippen LogP contribution in [0.5, 0.6) is 0 Å². The summed E-state index contributed by atoms with van der Waals surface area (Å²) in [4.78, 5) is 15.9. The Bertz CT molecular complexity index is 1810. The Morgan fingerprint density at radius 2 is 1.27 bits per heavy atom. The van der Waals surface area contributed by atoms with Gasteiger partial charge in [-0.15, -0.1) is 0 Å². The van der Waals surface area contributed by atoms with Crippen molar-refractivity contribution in [3.8, 4) is 0 Å². The first-order valence-corrected chi connectivity index (χ1v) is 11.6. The van der Waals surface area contributed by atoms with E-state index in [0.29, 0.717) is 26.9 Å². The van der Waals surface area contributed by atoms with Gasteiger partial charge in [-0.1, -0.05) is 23.2 Å². The quantitative estimate of drug-likeness (QED) is 0.162. The molecule has 0 aliphatic rings. The number of rotatable bonds is 0. The monoisotopic (exact) mass is 620 g/mol. The Morgan fingerprint density at radius 3 is 1.86 bits per heavy atom. The van der Waals surface area contributed by atoms with Gasteiger partial charge in [-0.2, -0.15) is 26.3 Å². The zero-order valence-electron chi connectivity index (χ0n) is 17.8. The number of hydrogen-bond donors (Lipinski definition) is 0. The van der Waals surface area contributed by atoms with E-state index >= 15 is 0 Å². The number of hydrogen-bond acceptors (Lipinski definition) is 4. The first kappa shape index (κ1) is 25.5. The van der Waals surface area contributed by atoms with E-state index < -0.39 is 23.5 Å². The van der Waals surface area contributed by atoms with Gasteiger partial charge in [-0.05, 0) is 52.3 Å². The van der Waals surface area contributed by atoms with Gasteiger partial charge in [0.1, 0.15) is 4.60 Å². The van der Waals surface area contributed by atoms with E-state index in [4.69, 9.17) is 23.2 Å². The predicted octanol–water partition coefficient (Wildman–Crippen LogP) is 7.87. The molecule has 0 bridgehead atoms. The summed E-state index contributed by atoms with van der Waals surface area (Å²) < 4.78 is 79.6. The molecule has 0 aliphatic carbocycles. The number of alkyl halides is 6. The molecule has 0 atom stereocenters. The van der Waals surface area contributed by atoms with Gasteiger partial charge >= 0.3 is 12.4 Å². The van der Waals surface area contributed by atoms with E-state index in [0.717, 1.165) is 24.3 Å². The van der Waals surface area contributed by atoms with Crippen molar-refractivity contribution in [1.82, 2.24) is 28.7 Å². The van der Waals surface area contributed by atoms with E-state index in [2.05, 4.69) is 35.9 Å². The molecule has 6 rings (SSSR count). The second-order valence-electron chi connectivity index (χ2n) is 7.57. The lowest BCUT2D eigenvalue weighted by Gasteiger charge is -2.09. The van der Waals surface area contributed by atoms with Gasteiger partial charge in [-0.25, -0.2) is 19.9 Å². The summed E-state index contributed by atoms with van der Waals surface area (Å²) in [7, 11) is 0. The van der Waals surface area contributed by atoms with E-state index in [1.54, 1.807) is 15.0 Å². The van der Waals surface area contributed by atoms with Gasteiger partial charge in [0.2, 0.25) is 0 Å². The molecule has 4 heterocycles. The Labute approximate surface area is 220 Å². The van der Waals surface area contributed by atoms with Crippen LogP contribution in [0.3, 0.4) is 0 Å². The third-order valence-electron chi connectivity index (χ3n) is 5.27. The first-order chi connectivity index (χ1) is 17.3. The fraction of sp³-hybridized carbons (Fsp3) is 0.0909. The molecule has 0 amide bonds. The van der Waals surface area contributed by atoms with Crippen molar-refractivity contribution >= 4 is 72.5 Å². The molecule has 0 N–H and O–H groups in total. The van der Waals surface area contributed by atoms with Crippen LogP contribution in [0.2, 0.25) is 10.3 Å². The van der Waals surface area contributed by atoms with Crippen LogP contribution < -0.4 is 0 Å². The summed E-state index contributed by atoms with van der Waals surface area (Å²) in [6, 6.07) is 6.66. The summed E-state index contributed by atoms with van der Waals surface area (Å²) in [5.41, 5.74) is 0.657. The Morgan fingerprint density at radius 1 is 0.730 bits per heavy atom. The maximum absolute atomic E-state index is 12.7. The van der Waals surface area contributed by atoms with Crippen molar-refractivity contribution in [2.75, 3.05) is 0 Å². The summed E-state index contributed by atoms with van der Waals surface area (Å²) in [5, 5.41) is 0.129. The molecule has 6 aromatic rings. The van der Waals surface area contributed by atoms with Crippen molar-refractivity contribution in [2.45, 2.75) is 12.4 Å². The second kappa shape index (κ2) is 8.99. The normalized spacial score (nSPS) is 12.5. The van der Waals surface area contributed by atoms with Gasteiger partial charge in [0.05, 0.1) is 39.4 Å². The lowest BCUT2D eigenvalue weighted by molar-refractivity contribution is -0.138. The number of imidazole rings is 2. The van der Waals surface area contributed by atoms with Crippen molar-refractivity contribution in [3.63, 3.8) is 0 Å². The summed E-state index contributed by atoms with van der Waals surface area (Å²) in [6.45, 7) is 0. The van der Waals surface area contributed by atoms with E-state index in [1.165, 1.54) is 24.5 Å². The molecule has 0 fully saturated rings. The molecule has 0 spiro atoms. The zero-order valence-corrected chi connectivity index (χ0v) is 20.9. The van der Waals surface area contributed by atoms with E-state index in [1.807, 2.05) is 0 Å². The fourth-order valence-corrected chi connectivity index (χ4v) is 4.56. The molecule has 4 aromatic heterocycles. The Kier molecular flexibility index (Phi) is 6.20. The molecular weight excluding hydrogens is 613 g/mol. The van der Waals surface area contributed by atoms with Gasteiger partial charge < -0.3 is 0 Å². The number of aromatic nitrogens is 6. The standard InChI is InChI=1S/C11H4BrClF3N3.C11H5ClF3N3/c12-8-4-17-10-9(13)18-6-3-5(11(14,15)16)1-2-7(6)19(8)10;12-9-10-16-3-4-18(10)8-2-1-6(11(13,14)15)5-7(8)17-9/h1-4H;1-5H. The average Bonchev–Trinajstić information content (AvgIpc) is 3.46. The number of halogens is 9. The fourth-order valence-electron chi connectivity index (χ4n) is 3.64. The highest BCUT2D eigenvalue weighted by atomic mass is 79.9. The minimum Gasteiger partial charge on any atom is -0.296 e. The van der Waals surface area contributed by atoms with Crippen molar-refractivity contribution in [3.05, 3.63) is 81.0 Å². The van der Waals surface area contributed by atoms with Crippen LogP contribution in [-0.2, 0) is 12.4 Å². The first-order valence-electron chi connectivity index (χ1n) is 10.0. The predicted molar refractivity (Wildman–Crippen MR) is 129 cm³/mol. The molecule has 37 heavy (non-hydrogen) atoms. The highest BCUT2D eigenvalue weighted by Gasteiger charge is 2.31. The molecule has 15 heteroatoms. The van der Waals surface area contributed by atoms with Crippen molar-refractivity contribution in [1.29, 1.82) is 0 Å². The number of nitrogens with zero attached hydrogens (tertiary/aromatic N) is 6. The summed E-state index contributed by atoms with van der Waals surface area (Å²) >= 11 is 15.1. The second-order valence-corrected chi connectivity index (χ2v) is 9.10. The Hall–Kier alpha value is -3.16. The molecule has 0 saturated heterocycles. The van der Waals surface area contributed by atoms with E-state index in [9.17, 15) is 26.3 Å². The third kappa shape index (κ3) is 4.66.